The molecule has 1 amide bonds. The highest BCUT2D eigenvalue weighted by molar-refractivity contribution is 7.89. The van der Waals surface area contributed by atoms with Crippen molar-refractivity contribution in [2.45, 2.75) is 51.0 Å². The molecule has 0 spiro atoms. The summed E-state index contributed by atoms with van der Waals surface area (Å²) in [4.78, 5) is 12.7. The summed E-state index contributed by atoms with van der Waals surface area (Å²) in [5, 5.41) is 2.84. The van der Waals surface area contributed by atoms with Crippen molar-refractivity contribution in [1.29, 1.82) is 0 Å². The first-order chi connectivity index (χ1) is 12.3. The Morgan fingerprint density at radius 1 is 1.26 bits per heavy atom. The van der Waals surface area contributed by atoms with Gasteiger partial charge in [0.25, 0.3) is 0 Å². The van der Waals surface area contributed by atoms with Crippen molar-refractivity contribution in [2.24, 2.45) is 11.7 Å². The maximum atomic E-state index is 12.8. The standard InChI is InChI=1S/C18H29N3O4S.ClH/c1-4-21(5-2)26(23,24)15-9-10-17(25-6-3)16(12-15)20-18(22)13-7-8-14(19)11-13;/h9-10,12-14H,4-8,11,19H2,1-3H3,(H,20,22);1H. The Labute approximate surface area is 168 Å². The molecule has 0 bridgehead atoms. The lowest BCUT2D eigenvalue weighted by Crippen LogP contribution is -2.30. The molecule has 0 heterocycles. The Bertz CT molecular complexity index is 738. The minimum absolute atomic E-state index is 0. The van der Waals surface area contributed by atoms with E-state index in [2.05, 4.69) is 5.32 Å². The van der Waals surface area contributed by atoms with Crippen LogP contribution < -0.4 is 15.8 Å². The number of hydrogen-bond acceptors (Lipinski definition) is 5. The highest BCUT2D eigenvalue weighted by Gasteiger charge is 2.29. The summed E-state index contributed by atoms with van der Waals surface area (Å²) in [7, 11) is -3.61. The number of carbonyl (C=O) groups excluding carboxylic acids is 1. The van der Waals surface area contributed by atoms with E-state index in [1.807, 2.05) is 6.92 Å². The fourth-order valence-corrected chi connectivity index (χ4v) is 4.74. The largest absolute Gasteiger partial charge is 0.492 e. The van der Waals surface area contributed by atoms with Gasteiger partial charge >= 0.3 is 0 Å². The molecule has 1 fully saturated rings. The lowest BCUT2D eigenvalue weighted by atomic mass is 10.1. The van der Waals surface area contributed by atoms with Crippen molar-refractivity contribution in [2.75, 3.05) is 25.0 Å². The van der Waals surface area contributed by atoms with Crippen LogP contribution in [0.15, 0.2) is 23.1 Å². The van der Waals surface area contributed by atoms with E-state index in [4.69, 9.17) is 10.5 Å². The molecule has 0 radical (unpaired) electrons. The van der Waals surface area contributed by atoms with Gasteiger partial charge in [0, 0.05) is 25.0 Å². The second-order valence-electron chi connectivity index (χ2n) is 6.44. The zero-order chi connectivity index (χ0) is 19.3. The number of nitrogens with one attached hydrogen (secondary N) is 1. The number of nitrogens with two attached hydrogens (primary N) is 1. The molecule has 0 aliphatic heterocycles. The number of rotatable bonds is 8. The van der Waals surface area contributed by atoms with E-state index in [1.165, 1.54) is 16.4 Å². The van der Waals surface area contributed by atoms with Crippen molar-refractivity contribution in [3.63, 3.8) is 0 Å². The second-order valence-corrected chi connectivity index (χ2v) is 8.38. The van der Waals surface area contributed by atoms with E-state index in [0.29, 0.717) is 37.6 Å². The van der Waals surface area contributed by atoms with Crippen LogP contribution in [0.3, 0.4) is 0 Å². The van der Waals surface area contributed by atoms with Crippen LogP contribution in [0.2, 0.25) is 0 Å². The van der Waals surface area contributed by atoms with Crippen LogP contribution in [0.5, 0.6) is 5.75 Å². The van der Waals surface area contributed by atoms with Gasteiger partial charge in [0.2, 0.25) is 15.9 Å². The van der Waals surface area contributed by atoms with Gasteiger partial charge in [0.05, 0.1) is 17.2 Å². The molecule has 1 saturated carbocycles. The van der Waals surface area contributed by atoms with E-state index in [-0.39, 0.29) is 35.2 Å². The molecular weight excluding hydrogens is 390 g/mol. The minimum Gasteiger partial charge on any atom is -0.492 e. The molecule has 7 nitrogen and oxygen atoms in total. The summed E-state index contributed by atoms with van der Waals surface area (Å²) in [5.74, 6) is 0.167. The van der Waals surface area contributed by atoms with E-state index in [0.717, 1.165) is 12.8 Å². The first kappa shape index (κ1) is 23.7. The number of ether oxygens (including phenoxy) is 1. The molecule has 2 unspecified atom stereocenters. The zero-order valence-corrected chi connectivity index (χ0v) is 17.7. The van der Waals surface area contributed by atoms with Crippen molar-refractivity contribution in [1.82, 2.24) is 4.31 Å². The molecule has 1 aromatic carbocycles. The third kappa shape index (κ3) is 5.57. The predicted molar refractivity (Wildman–Crippen MR) is 109 cm³/mol. The van der Waals surface area contributed by atoms with Crippen molar-refractivity contribution in [3.05, 3.63) is 18.2 Å². The quantitative estimate of drug-likeness (QED) is 0.674. The number of benzene rings is 1. The lowest BCUT2D eigenvalue weighted by molar-refractivity contribution is -0.119. The minimum atomic E-state index is -3.61. The number of halogens is 1. The third-order valence-electron chi connectivity index (χ3n) is 4.70. The molecule has 2 rings (SSSR count). The average molecular weight is 420 g/mol. The van der Waals surface area contributed by atoms with Crippen molar-refractivity contribution < 1.29 is 17.9 Å². The fourth-order valence-electron chi connectivity index (χ4n) is 3.25. The number of anilines is 1. The molecule has 1 aromatic rings. The van der Waals surface area contributed by atoms with Crippen molar-refractivity contribution >= 4 is 34.0 Å². The second kappa shape index (κ2) is 10.3. The van der Waals surface area contributed by atoms with Crippen LogP contribution in [0.25, 0.3) is 0 Å². The first-order valence-electron chi connectivity index (χ1n) is 9.16. The van der Waals surface area contributed by atoms with Crippen LogP contribution in [-0.4, -0.2) is 44.4 Å². The Balaban J connectivity index is 0.00000364. The van der Waals surface area contributed by atoms with Crippen LogP contribution >= 0.6 is 12.4 Å². The van der Waals surface area contributed by atoms with Crippen LogP contribution in [-0.2, 0) is 14.8 Å². The number of carbonyl (C=O) groups is 1. The predicted octanol–water partition coefficient (Wildman–Crippen LogP) is 2.60. The number of nitrogens with zero attached hydrogens (tertiary/aromatic N) is 1. The average Bonchev–Trinajstić information content (AvgIpc) is 3.04. The molecule has 0 aromatic heterocycles. The number of hydrogen-bond donors (Lipinski definition) is 2. The number of amides is 1. The Morgan fingerprint density at radius 2 is 1.93 bits per heavy atom. The summed E-state index contributed by atoms with van der Waals surface area (Å²) in [6.07, 6.45) is 2.22. The third-order valence-corrected chi connectivity index (χ3v) is 6.74. The summed E-state index contributed by atoms with van der Waals surface area (Å²) < 4.78 is 32.4. The van der Waals surface area contributed by atoms with Gasteiger partial charge < -0.3 is 15.8 Å². The molecule has 2 atom stereocenters. The van der Waals surface area contributed by atoms with Gasteiger partial charge in [0.15, 0.2) is 0 Å². The topological polar surface area (TPSA) is 102 Å². The summed E-state index contributed by atoms with van der Waals surface area (Å²) in [5.41, 5.74) is 6.27. The Kier molecular flexibility index (Phi) is 9.01. The van der Waals surface area contributed by atoms with Gasteiger partial charge in [-0.25, -0.2) is 8.42 Å². The Hall–Kier alpha value is -1.35. The van der Waals surface area contributed by atoms with Crippen molar-refractivity contribution in [3.8, 4) is 5.75 Å². The van der Waals surface area contributed by atoms with E-state index in [9.17, 15) is 13.2 Å². The normalized spacial score (nSPS) is 19.6. The molecule has 1 aliphatic rings. The molecule has 154 valence electrons. The smallest absolute Gasteiger partial charge is 0.243 e. The highest BCUT2D eigenvalue weighted by atomic mass is 35.5. The van der Waals surface area contributed by atoms with Gasteiger partial charge in [-0.1, -0.05) is 13.8 Å². The molecule has 0 saturated heterocycles. The highest BCUT2D eigenvalue weighted by Crippen LogP contribution is 2.31. The first-order valence-corrected chi connectivity index (χ1v) is 10.6. The van der Waals surface area contributed by atoms with E-state index >= 15 is 0 Å². The SMILES string of the molecule is CCOc1ccc(S(=O)(=O)N(CC)CC)cc1NC(=O)C1CCC(N)C1.Cl. The maximum Gasteiger partial charge on any atom is 0.243 e. The fraction of sp³-hybridized carbons (Fsp3) is 0.611. The Morgan fingerprint density at radius 3 is 2.44 bits per heavy atom. The molecule has 9 heteroatoms. The molecule has 27 heavy (non-hydrogen) atoms. The molecule has 3 N–H and O–H groups in total. The van der Waals surface area contributed by atoms with Gasteiger partial charge in [-0.3, -0.25) is 4.79 Å². The number of sulfonamides is 1. The zero-order valence-electron chi connectivity index (χ0n) is 16.1. The van der Waals surface area contributed by atoms with Crippen LogP contribution in [0.1, 0.15) is 40.0 Å². The van der Waals surface area contributed by atoms with Gasteiger partial charge in [0.1, 0.15) is 5.75 Å². The maximum absolute atomic E-state index is 12.8. The summed E-state index contributed by atoms with van der Waals surface area (Å²) >= 11 is 0. The van der Waals surface area contributed by atoms with E-state index in [1.54, 1.807) is 19.9 Å². The van der Waals surface area contributed by atoms with Gasteiger partial charge in [-0.2, -0.15) is 4.31 Å². The van der Waals surface area contributed by atoms with Crippen LogP contribution in [0, 0.1) is 5.92 Å². The molecule has 1 aliphatic carbocycles. The summed E-state index contributed by atoms with van der Waals surface area (Å²) in [6, 6.07) is 4.63. The molecular formula is C18H30ClN3O4S. The summed E-state index contributed by atoms with van der Waals surface area (Å²) in [6.45, 7) is 6.60. The lowest BCUT2D eigenvalue weighted by Gasteiger charge is -2.20. The monoisotopic (exact) mass is 419 g/mol. The van der Waals surface area contributed by atoms with E-state index < -0.39 is 10.0 Å². The van der Waals surface area contributed by atoms with Gasteiger partial charge in [-0.15, -0.1) is 12.4 Å². The van der Waals surface area contributed by atoms with Gasteiger partial charge in [-0.05, 0) is 44.4 Å². The van der Waals surface area contributed by atoms with Crippen LogP contribution in [0.4, 0.5) is 5.69 Å².